The first-order valence-electron chi connectivity index (χ1n) is 6.84. The maximum absolute atomic E-state index is 12.0. The molecule has 116 valence electrons. The molecule has 1 unspecified atom stereocenters. The van der Waals surface area contributed by atoms with Crippen molar-refractivity contribution in [3.05, 3.63) is 24.3 Å². The number of hydrogen-bond donors (Lipinski definition) is 2. The van der Waals surface area contributed by atoms with Gasteiger partial charge in [0.2, 0.25) is 0 Å². The number of urea groups is 1. The van der Waals surface area contributed by atoms with E-state index in [0.29, 0.717) is 30.8 Å². The average molecular weight is 294 g/mol. The summed E-state index contributed by atoms with van der Waals surface area (Å²) in [6.45, 7) is 2.10. The monoisotopic (exact) mass is 294 g/mol. The lowest BCUT2D eigenvalue weighted by Gasteiger charge is -2.20. The van der Waals surface area contributed by atoms with Crippen molar-refractivity contribution in [2.45, 2.75) is 19.8 Å². The number of carboxylic acids is 1. The van der Waals surface area contributed by atoms with E-state index in [1.807, 2.05) is 12.1 Å². The van der Waals surface area contributed by atoms with Gasteiger partial charge in [-0.25, -0.2) is 4.79 Å². The lowest BCUT2D eigenvalue weighted by molar-refractivity contribution is -0.141. The number of carboxylic acid groups (broad SMARTS) is 1. The molecule has 2 N–H and O–H groups in total. The molecule has 21 heavy (non-hydrogen) atoms. The van der Waals surface area contributed by atoms with Crippen LogP contribution in [0.15, 0.2) is 24.3 Å². The minimum atomic E-state index is -0.813. The van der Waals surface area contributed by atoms with Crippen molar-refractivity contribution in [1.82, 2.24) is 5.32 Å². The molecule has 2 amide bonds. The second kappa shape index (κ2) is 8.14. The van der Waals surface area contributed by atoms with Gasteiger partial charge in [-0.15, -0.1) is 0 Å². The Kier molecular flexibility index (Phi) is 6.52. The highest BCUT2D eigenvalue weighted by molar-refractivity contribution is 5.92. The van der Waals surface area contributed by atoms with Gasteiger partial charge in [0.25, 0.3) is 0 Å². The van der Waals surface area contributed by atoms with E-state index in [2.05, 4.69) is 5.32 Å². The van der Waals surface area contributed by atoms with Crippen molar-refractivity contribution in [2.24, 2.45) is 5.92 Å². The minimum absolute atomic E-state index is 0.248. The molecule has 1 aromatic carbocycles. The molecule has 0 bridgehead atoms. The van der Waals surface area contributed by atoms with Gasteiger partial charge < -0.3 is 15.2 Å². The third kappa shape index (κ3) is 4.98. The fourth-order valence-electron chi connectivity index (χ4n) is 1.86. The van der Waals surface area contributed by atoms with Crippen molar-refractivity contribution in [3.63, 3.8) is 0 Å². The van der Waals surface area contributed by atoms with Crippen LogP contribution in [0.1, 0.15) is 19.8 Å². The van der Waals surface area contributed by atoms with Crippen LogP contribution in [0.4, 0.5) is 10.5 Å². The predicted molar refractivity (Wildman–Crippen MR) is 80.8 cm³/mol. The quantitative estimate of drug-likeness (QED) is 0.757. The number of para-hydroxylation sites is 2. The highest BCUT2D eigenvalue weighted by atomic mass is 16.5. The standard InChI is InChI=1S/C15H22N2O4/c1-11(14(18)19)7-6-10-16-15(20)17(2)12-8-4-5-9-13(12)21-3/h4-5,8-9,11H,6-7,10H2,1-3H3,(H,16,20)(H,18,19). The Hall–Kier alpha value is -2.24. The van der Waals surface area contributed by atoms with E-state index in [4.69, 9.17) is 9.84 Å². The van der Waals surface area contributed by atoms with Crippen molar-refractivity contribution in [1.29, 1.82) is 0 Å². The Morgan fingerprint density at radius 1 is 1.38 bits per heavy atom. The highest BCUT2D eigenvalue weighted by Crippen LogP contribution is 2.26. The van der Waals surface area contributed by atoms with Crippen LogP contribution in [0.25, 0.3) is 0 Å². The number of nitrogens with zero attached hydrogens (tertiary/aromatic N) is 1. The summed E-state index contributed by atoms with van der Waals surface area (Å²) >= 11 is 0. The minimum Gasteiger partial charge on any atom is -0.495 e. The number of amides is 2. The molecule has 1 rings (SSSR count). The maximum atomic E-state index is 12.0. The summed E-state index contributed by atoms with van der Waals surface area (Å²) < 4.78 is 5.21. The second-order valence-electron chi connectivity index (χ2n) is 4.84. The fraction of sp³-hybridized carbons (Fsp3) is 0.467. The summed E-state index contributed by atoms with van der Waals surface area (Å²) in [6, 6.07) is 7.00. The molecule has 0 spiro atoms. The van der Waals surface area contributed by atoms with E-state index in [-0.39, 0.29) is 6.03 Å². The second-order valence-corrected chi connectivity index (χ2v) is 4.84. The molecule has 0 aliphatic carbocycles. The third-order valence-electron chi connectivity index (χ3n) is 3.26. The number of carbonyl (C=O) groups excluding carboxylic acids is 1. The zero-order chi connectivity index (χ0) is 15.8. The first-order valence-corrected chi connectivity index (χ1v) is 6.84. The summed E-state index contributed by atoms with van der Waals surface area (Å²) in [4.78, 5) is 24.2. The zero-order valence-corrected chi connectivity index (χ0v) is 12.6. The smallest absolute Gasteiger partial charge is 0.321 e. The molecule has 6 nitrogen and oxygen atoms in total. The highest BCUT2D eigenvalue weighted by Gasteiger charge is 2.15. The van der Waals surface area contributed by atoms with Gasteiger partial charge in [0.05, 0.1) is 18.7 Å². The number of aliphatic carboxylic acids is 1. The van der Waals surface area contributed by atoms with Crippen LogP contribution in [0.3, 0.4) is 0 Å². The molecule has 0 fully saturated rings. The van der Waals surface area contributed by atoms with Gasteiger partial charge in [-0.05, 0) is 25.0 Å². The van der Waals surface area contributed by atoms with Gasteiger partial charge in [-0.2, -0.15) is 0 Å². The number of nitrogens with one attached hydrogen (secondary N) is 1. The summed E-state index contributed by atoms with van der Waals surface area (Å²) in [7, 11) is 3.21. The molecule has 0 radical (unpaired) electrons. The Bertz CT molecular complexity index is 490. The van der Waals surface area contributed by atoms with Crippen LogP contribution in [-0.4, -0.2) is 37.8 Å². The summed E-state index contributed by atoms with van der Waals surface area (Å²) in [6.07, 6.45) is 1.16. The number of rotatable bonds is 7. The lowest BCUT2D eigenvalue weighted by atomic mass is 10.1. The van der Waals surface area contributed by atoms with Crippen LogP contribution in [0.5, 0.6) is 5.75 Å². The van der Waals surface area contributed by atoms with Crippen LogP contribution in [-0.2, 0) is 4.79 Å². The van der Waals surface area contributed by atoms with Gasteiger partial charge in [-0.1, -0.05) is 19.1 Å². The molecule has 6 heteroatoms. The van der Waals surface area contributed by atoms with Gasteiger partial charge in [-0.3, -0.25) is 9.69 Å². The van der Waals surface area contributed by atoms with Crippen molar-refractivity contribution in [2.75, 3.05) is 25.6 Å². The Morgan fingerprint density at radius 3 is 2.67 bits per heavy atom. The molecule has 1 atom stereocenters. The molecule has 0 aliphatic rings. The van der Waals surface area contributed by atoms with Gasteiger partial charge in [0.1, 0.15) is 5.75 Å². The molecule has 0 heterocycles. The molecule has 0 aliphatic heterocycles. The molecule has 0 aromatic heterocycles. The van der Waals surface area contributed by atoms with E-state index in [9.17, 15) is 9.59 Å². The first kappa shape index (κ1) is 16.8. The zero-order valence-electron chi connectivity index (χ0n) is 12.6. The first-order chi connectivity index (χ1) is 9.97. The van der Waals surface area contributed by atoms with E-state index in [1.54, 1.807) is 33.2 Å². The Labute approximate surface area is 124 Å². The lowest BCUT2D eigenvalue weighted by Crippen LogP contribution is -2.38. The molecular weight excluding hydrogens is 272 g/mol. The summed E-state index contributed by atoms with van der Waals surface area (Å²) in [5, 5.41) is 11.5. The Morgan fingerprint density at radius 2 is 2.05 bits per heavy atom. The molecular formula is C15H22N2O4. The SMILES string of the molecule is COc1ccccc1N(C)C(=O)NCCCC(C)C(=O)O. The third-order valence-corrected chi connectivity index (χ3v) is 3.26. The van der Waals surface area contributed by atoms with E-state index in [0.717, 1.165) is 0 Å². The normalized spacial score (nSPS) is 11.6. The Balaban J connectivity index is 2.46. The molecule has 0 saturated heterocycles. The average Bonchev–Trinajstić information content (AvgIpc) is 2.50. The molecule has 1 aromatic rings. The van der Waals surface area contributed by atoms with Gasteiger partial charge in [0.15, 0.2) is 0 Å². The number of anilines is 1. The summed E-state index contributed by atoms with van der Waals surface area (Å²) in [5.74, 6) is -0.587. The predicted octanol–water partition coefficient (Wildman–Crippen LogP) is 2.34. The summed E-state index contributed by atoms with van der Waals surface area (Å²) in [5.41, 5.74) is 0.677. The number of methoxy groups -OCH3 is 1. The van der Waals surface area contributed by atoms with Crippen LogP contribution in [0.2, 0.25) is 0 Å². The van der Waals surface area contributed by atoms with E-state index >= 15 is 0 Å². The maximum Gasteiger partial charge on any atom is 0.321 e. The number of ether oxygens (including phenoxy) is 1. The van der Waals surface area contributed by atoms with Crippen LogP contribution >= 0.6 is 0 Å². The van der Waals surface area contributed by atoms with Gasteiger partial charge in [0, 0.05) is 13.6 Å². The van der Waals surface area contributed by atoms with Crippen molar-refractivity contribution in [3.8, 4) is 5.75 Å². The topological polar surface area (TPSA) is 78.9 Å². The number of benzene rings is 1. The van der Waals surface area contributed by atoms with Crippen LogP contribution in [0, 0.1) is 5.92 Å². The number of hydrogen-bond acceptors (Lipinski definition) is 3. The molecule has 0 saturated carbocycles. The van der Waals surface area contributed by atoms with E-state index < -0.39 is 11.9 Å². The fourth-order valence-corrected chi connectivity index (χ4v) is 1.86. The largest absolute Gasteiger partial charge is 0.495 e. The van der Waals surface area contributed by atoms with Crippen LogP contribution < -0.4 is 15.0 Å². The van der Waals surface area contributed by atoms with Crippen molar-refractivity contribution < 1.29 is 19.4 Å². The van der Waals surface area contributed by atoms with Crippen molar-refractivity contribution >= 4 is 17.7 Å². The van der Waals surface area contributed by atoms with E-state index in [1.165, 1.54) is 4.90 Å². The van der Waals surface area contributed by atoms with Gasteiger partial charge >= 0.3 is 12.0 Å². The number of carbonyl (C=O) groups is 2.